The van der Waals surface area contributed by atoms with E-state index >= 15 is 0 Å². The Kier molecular flexibility index (Phi) is 4.61. The first-order chi connectivity index (χ1) is 11.9. The highest BCUT2D eigenvalue weighted by Crippen LogP contribution is 2.42. The summed E-state index contributed by atoms with van der Waals surface area (Å²) in [4.78, 5) is 23.8. The maximum absolute atomic E-state index is 12.7. The number of carboxylic acids is 1. The minimum absolute atomic E-state index is 0.195. The number of rotatable bonds is 6. The number of hydrogen-bond acceptors (Lipinski definition) is 3. The Hall–Kier alpha value is -2.63. The summed E-state index contributed by atoms with van der Waals surface area (Å²) in [7, 11) is 0. The number of nitrogens with one attached hydrogen (secondary N) is 1. The quantitative estimate of drug-likeness (QED) is 0.832. The summed E-state index contributed by atoms with van der Waals surface area (Å²) in [5.41, 5.74) is 3.07. The normalized spacial score (nSPS) is 15.0. The van der Waals surface area contributed by atoms with Crippen LogP contribution in [0.25, 0.3) is 0 Å². The Labute approximate surface area is 146 Å². The van der Waals surface area contributed by atoms with Gasteiger partial charge in [-0.3, -0.25) is 9.48 Å². The maximum atomic E-state index is 12.7. The van der Waals surface area contributed by atoms with Gasteiger partial charge in [-0.05, 0) is 56.9 Å². The third kappa shape index (κ3) is 3.43. The summed E-state index contributed by atoms with van der Waals surface area (Å²) in [6.07, 6.45) is 4.79. The highest BCUT2D eigenvalue weighted by molar-refractivity contribution is 6.05. The zero-order valence-electron chi connectivity index (χ0n) is 14.7. The lowest BCUT2D eigenvalue weighted by Crippen LogP contribution is -2.16. The van der Waals surface area contributed by atoms with E-state index in [4.69, 9.17) is 5.11 Å². The lowest BCUT2D eigenvalue weighted by atomic mass is 10.1. The highest BCUT2D eigenvalue weighted by atomic mass is 16.4. The summed E-state index contributed by atoms with van der Waals surface area (Å²) >= 11 is 0. The van der Waals surface area contributed by atoms with Gasteiger partial charge in [0.1, 0.15) is 0 Å². The van der Waals surface area contributed by atoms with Crippen molar-refractivity contribution < 1.29 is 14.7 Å². The van der Waals surface area contributed by atoms with Gasteiger partial charge in [0.2, 0.25) is 0 Å². The summed E-state index contributed by atoms with van der Waals surface area (Å²) in [6, 6.07) is 5.06. The van der Waals surface area contributed by atoms with Crippen molar-refractivity contribution in [3.05, 3.63) is 46.8 Å². The molecule has 0 aliphatic heterocycles. The Morgan fingerprint density at radius 2 is 2.08 bits per heavy atom. The van der Waals surface area contributed by atoms with Crippen LogP contribution in [0.2, 0.25) is 0 Å². The fourth-order valence-corrected chi connectivity index (χ4v) is 3.01. The molecule has 2 aromatic rings. The molecular weight excluding hydrogens is 318 g/mol. The van der Waals surface area contributed by atoms with E-state index in [0.717, 1.165) is 25.0 Å². The molecule has 6 heteroatoms. The van der Waals surface area contributed by atoms with Crippen LogP contribution in [0.3, 0.4) is 0 Å². The summed E-state index contributed by atoms with van der Waals surface area (Å²) in [6.45, 7) is 5.93. The molecule has 3 rings (SSSR count). The number of nitrogens with zero attached hydrogens (tertiary/aromatic N) is 2. The first-order valence-electron chi connectivity index (χ1n) is 8.65. The van der Waals surface area contributed by atoms with E-state index in [0.29, 0.717) is 22.7 Å². The van der Waals surface area contributed by atoms with Gasteiger partial charge in [0.25, 0.3) is 5.91 Å². The number of hydrogen-bond donors (Lipinski definition) is 2. The summed E-state index contributed by atoms with van der Waals surface area (Å²) in [5, 5.41) is 16.4. The van der Waals surface area contributed by atoms with E-state index in [-0.39, 0.29) is 17.5 Å². The van der Waals surface area contributed by atoms with Crippen LogP contribution in [0.15, 0.2) is 24.4 Å². The number of aryl methyl sites for hydroxylation is 1. The molecule has 1 amide bonds. The van der Waals surface area contributed by atoms with Crippen molar-refractivity contribution in [1.82, 2.24) is 9.78 Å². The van der Waals surface area contributed by atoms with Crippen LogP contribution in [0, 0.1) is 6.92 Å². The molecule has 1 aromatic heterocycles. The fraction of sp³-hybridized carbons (Fsp3) is 0.421. The minimum atomic E-state index is -0.971. The molecule has 2 N–H and O–H groups in total. The van der Waals surface area contributed by atoms with Crippen LogP contribution in [0.1, 0.15) is 77.0 Å². The molecule has 0 bridgehead atoms. The predicted molar refractivity (Wildman–Crippen MR) is 95.3 cm³/mol. The third-order valence-corrected chi connectivity index (χ3v) is 4.77. The molecule has 1 saturated carbocycles. The average Bonchev–Trinajstić information content (AvgIpc) is 3.31. The van der Waals surface area contributed by atoms with Crippen LogP contribution < -0.4 is 5.32 Å². The van der Waals surface area contributed by atoms with Crippen molar-refractivity contribution in [3.63, 3.8) is 0 Å². The number of aromatic carboxylic acids is 1. The third-order valence-electron chi connectivity index (χ3n) is 4.77. The second-order valence-electron chi connectivity index (χ2n) is 6.71. The SMILES string of the molecule is CCC(C)n1ncc(C(=O)Nc2ccc(C(=O)O)c(C)c2)c1C1CC1. The average molecular weight is 341 g/mol. The highest BCUT2D eigenvalue weighted by Gasteiger charge is 2.33. The minimum Gasteiger partial charge on any atom is -0.478 e. The van der Waals surface area contributed by atoms with E-state index in [1.807, 2.05) is 4.68 Å². The van der Waals surface area contributed by atoms with E-state index in [9.17, 15) is 9.59 Å². The molecule has 0 spiro atoms. The Morgan fingerprint density at radius 3 is 2.64 bits per heavy atom. The number of amides is 1. The molecule has 6 nitrogen and oxygen atoms in total. The van der Waals surface area contributed by atoms with Crippen LogP contribution in [-0.4, -0.2) is 26.8 Å². The van der Waals surface area contributed by atoms with Crippen LogP contribution in [-0.2, 0) is 0 Å². The van der Waals surface area contributed by atoms with Gasteiger partial charge in [-0.2, -0.15) is 5.10 Å². The standard InChI is InChI=1S/C19H23N3O3/c1-4-12(3)22-17(13-5-6-13)16(10-20-22)18(23)21-14-7-8-15(19(24)25)11(2)9-14/h7-10,12-13H,4-6H2,1-3H3,(H,21,23)(H,24,25). The van der Waals surface area contributed by atoms with Gasteiger partial charge in [-0.25, -0.2) is 4.79 Å². The van der Waals surface area contributed by atoms with Crippen molar-refractivity contribution >= 4 is 17.6 Å². The second-order valence-corrected chi connectivity index (χ2v) is 6.71. The molecule has 1 atom stereocenters. The van der Waals surface area contributed by atoms with Gasteiger partial charge in [0.15, 0.2) is 0 Å². The first-order valence-corrected chi connectivity index (χ1v) is 8.65. The fourth-order valence-electron chi connectivity index (χ4n) is 3.01. The van der Waals surface area contributed by atoms with Gasteiger partial charge in [-0.15, -0.1) is 0 Å². The lowest BCUT2D eigenvalue weighted by Gasteiger charge is -2.14. The number of anilines is 1. The molecule has 0 radical (unpaired) electrons. The summed E-state index contributed by atoms with van der Waals surface area (Å²) < 4.78 is 1.98. The predicted octanol–water partition coefficient (Wildman–Crippen LogP) is 3.99. The molecule has 1 aliphatic rings. The molecule has 1 unspecified atom stereocenters. The maximum Gasteiger partial charge on any atom is 0.335 e. The lowest BCUT2D eigenvalue weighted by molar-refractivity contribution is 0.0696. The van der Waals surface area contributed by atoms with Crippen LogP contribution >= 0.6 is 0 Å². The molecular formula is C19H23N3O3. The number of carbonyl (C=O) groups excluding carboxylic acids is 1. The molecule has 0 saturated heterocycles. The Bertz CT molecular complexity index is 821. The van der Waals surface area contributed by atoms with Crippen molar-refractivity contribution in [2.75, 3.05) is 5.32 Å². The van der Waals surface area contributed by atoms with Crippen LogP contribution in [0.4, 0.5) is 5.69 Å². The molecule has 132 valence electrons. The van der Waals surface area contributed by atoms with Crippen molar-refractivity contribution in [1.29, 1.82) is 0 Å². The smallest absolute Gasteiger partial charge is 0.335 e. The monoisotopic (exact) mass is 341 g/mol. The van der Waals surface area contributed by atoms with Gasteiger partial charge < -0.3 is 10.4 Å². The van der Waals surface area contributed by atoms with E-state index < -0.39 is 5.97 Å². The van der Waals surface area contributed by atoms with Gasteiger partial charge in [-0.1, -0.05) is 6.92 Å². The molecule has 1 aromatic carbocycles. The molecule has 1 heterocycles. The molecule has 25 heavy (non-hydrogen) atoms. The zero-order chi connectivity index (χ0) is 18.1. The van der Waals surface area contributed by atoms with Gasteiger partial charge in [0, 0.05) is 17.6 Å². The number of carbonyl (C=O) groups is 2. The topological polar surface area (TPSA) is 84.2 Å². The van der Waals surface area contributed by atoms with Crippen molar-refractivity contribution in [2.24, 2.45) is 0 Å². The second kappa shape index (κ2) is 6.70. The van der Waals surface area contributed by atoms with E-state index in [1.54, 1.807) is 25.3 Å². The summed E-state index contributed by atoms with van der Waals surface area (Å²) in [5.74, 6) is -0.756. The first kappa shape index (κ1) is 17.2. The van der Waals surface area contributed by atoms with E-state index in [1.165, 1.54) is 6.07 Å². The van der Waals surface area contributed by atoms with Crippen LogP contribution in [0.5, 0.6) is 0 Å². The number of aromatic nitrogens is 2. The molecule has 1 aliphatic carbocycles. The number of carboxylic acid groups (broad SMARTS) is 1. The Balaban J connectivity index is 1.86. The van der Waals surface area contributed by atoms with Crippen molar-refractivity contribution in [2.45, 2.75) is 52.0 Å². The van der Waals surface area contributed by atoms with Gasteiger partial charge >= 0.3 is 5.97 Å². The zero-order valence-corrected chi connectivity index (χ0v) is 14.7. The molecule has 1 fully saturated rings. The Morgan fingerprint density at radius 1 is 1.36 bits per heavy atom. The van der Waals surface area contributed by atoms with Crippen molar-refractivity contribution in [3.8, 4) is 0 Å². The largest absolute Gasteiger partial charge is 0.478 e. The number of benzene rings is 1. The van der Waals surface area contributed by atoms with E-state index in [2.05, 4.69) is 24.3 Å². The van der Waals surface area contributed by atoms with Gasteiger partial charge in [0.05, 0.1) is 23.0 Å².